The molecule has 0 radical (unpaired) electrons. The molecule has 3 rings (SSSR count). The summed E-state index contributed by atoms with van der Waals surface area (Å²) < 4.78 is 32.4. The SMILES string of the molecule is O=S(=O)(NCCc1cc2ccccc2o1)c1cccs1. The minimum absolute atomic E-state index is 0.319. The Morgan fingerprint density at radius 3 is 2.75 bits per heavy atom. The van der Waals surface area contributed by atoms with Gasteiger partial charge in [0.25, 0.3) is 0 Å². The van der Waals surface area contributed by atoms with Crippen molar-refractivity contribution in [1.29, 1.82) is 0 Å². The smallest absolute Gasteiger partial charge is 0.250 e. The fraction of sp³-hybridized carbons (Fsp3) is 0.143. The summed E-state index contributed by atoms with van der Waals surface area (Å²) in [6.07, 6.45) is 0.527. The number of thiophene rings is 1. The van der Waals surface area contributed by atoms with Crippen molar-refractivity contribution in [3.63, 3.8) is 0 Å². The molecule has 0 unspecified atom stereocenters. The van der Waals surface area contributed by atoms with Crippen LogP contribution >= 0.6 is 11.3 Å². The van der Waals surface area contributed by atoms with Gasteiger partial charge in [0.05, 0.1) is 0 Å². The molecule has 104 valence electrons. The van der Waals surface area contributed by atoms with Crippen LogP contribution in [0.1, 0.15) is 5.76 Å². The molecule has 2 aromatic heterocycles. The van der Waals surface area contributed by atoms with Crippen molar-refractivity contribution >= 4 is 32.3 Å². The number of hydrogen-bond acceptors (Lipinski definition) is 4. The molecule has 0 aliphatic heterocycles. The summed E-state index contributed by atoms with van der Waals surface area (Å²) in [5, 5.41) is 2.77. The number of para-hydroxylation sites is 1. The number of nitrogens with one attached hydrogen (secondary N) is 1. The predicted molar refractivity (Wildman–Crippen MR) is 79.4 cm³/mol. The first kappa shape index (κ1) is 13.4. The van der Waals surface area contributed by atoms with Crippen molar-refractivity contribution in [3.8, 4) is 0 Å². The molecule has 0 atom stereocenters. The van der Waals surface area contributed by atoms with E-state index in [9.17, 15) is 8.42 Å². The van der Waals surface area contributed by atoms with Crippen molar-refractivity contribution in [2.45, 2.75) is 10.6 Å². The lowest BCUT2D eigenvalue weighted by Gasteiger charge is -2.02. The zero-order valence-electron chi connectivity index (χ0n) is 10.6. The van der Waals surface area contributed by atoms with Gasteiger partial charge in [-0.1, -0.05) is 24.3 Å². The normalized spacial score (nSPS) is 12.0. The van der Waals surface area contributed by atoms with Crippen molar-refractivity contribution < 1.29 is 12.8 Å². The fourth-order valence-electron chi connectivity index (χ4n) is 1.96. The van der Waals surface area contributed by atoms with Gasteiger partial charge in [-0.3, -0.25) is 0 Å². The molecule has 2 heterocycles. The van der Waals surface area contributed by atoms with Crippen LogP contribution in [0.3, 0.4) is 0 Å². The maximum absolute atomic E-state index is 11.9. The highest BCUT2D eigenvalue weighted by Gasteiger charge is 2.14. The van der Waals surface area contributed by atoms with Gasteiger partial charge in [-0.15, -0.1) is 11.3 Å². The largest absolute Gasteiger partial charge is 0.461 e. The molecule has 1 N–H and O–H groups in total. The number of benzene rings is 1. The fourth-order valence-corrected chi connectivity index (χ4v) is 4.03. The molecule has 20 heavy (non-hydrogen) atoms. The molecule has 0 saturated carbocycles. The van der Waals surface area contributed by atoms with E-state index in [-0.39, 0.29) is 0 Å². The van der Waals surface area contributed by atoms with E-state index in [1.54, 1.807) is 17.5 Å². The Kier molecular flexibility index (Phi) is 3.60. The summed E-state index contributed by atoms with van der Waals surface area (Å²) >= 11 is 1.21. The molecule has 1 aromatic carbocycles. The minimum atomic E-state index is -3.39. The number of rotatable bonds is 5. The predicted octanol–water partition coefficient (Wildman–Crippen LogP) is 3.02. The van der Waals surface area contributed by atoms with Crippen LogP contribution in [0.2, 0.25) is 0 Å². The van der Waals surface area contributed by atoms with Crippen LogP contribution in [-0.2, 0) is 16.4 Å². The second-order valence-corrected chi connectivity index (χ2v) is 7.27. The standard InChI is InChI=1S/C14H13NO3S2/c16-20(17,14-6-3-9-19-14)15-8-7-12-10-11-4-1-2-5-13(11)18-12/h1-6,9-10,15H,7-8H2. The van der Waals surface area contributed by atoms with Gasteiger partial charge < -0.3 is 4.42 Å². The summed E-state index contributed by atoms with van der Waals surface area (Å²) in [6, 6.07) is 13.0. The van der Waals surface area contributed by atoms with Crippen LogP contribution in [0, 0.1) is 0 Å². The summed E-state index contributed by atoms with van der Waals surface area (Å²) in [6.45, 7) is 0.319. The van der Waals surface area contributed by atoms with Gasteiger partial charge in [-0.2, -0.15) is 0 Å². The lowest BCUT2D eigenvalue weighted by atomic mass is 10.2. The Bertz CT molecular complexity index is 771. The first-order valence-corrected chi connectivity index (χ1v) is 8.52. The molecule has 0 saturated heterocycles. The molecule has 0 aliphatic carbocycles. The average molecular weight is 307 g/mol. The van der Waals surface area contributed by atoms with Crippen molar-refractivity contribution in [1.82, 2.24) is 4.72 Å². The minimum Gasteiger partial charge on any atom is -0.461 e. The maximum Gasteiger partial charge on any atom is 0.250 e. The summed E-state index contributed by atoms with van der Waals surface area (Å²) in [4.78, 5) is 0. The van der Waals surface area contributed by atoms with Gasteiger partial charge in [0.15, 0.2) is 0 Å². The average Bonchev–Trinajstić information content (AvgIpc) is 3.07. The maximum atomic E-state index is 11.9. The van der Waals surface area contributed by atoms with Gasteiger partial charge in [0.1, 0.15) is 15.6 Å². The van der Waals surface area contributed by atoms with Crippen LogP contribution < -0.4 is 4.72 Å². The Morgan fingerprint density at radius 1 is 1.15 bits per heavy atom. The van der Waals surface area contributed by atoms with Crippen molar-refractivity contribution in [3.05, 3.63) is 53.6 Å². The zero-order chi connectivity index (χ0) is 14.0. The molecule has 3 aromatic rings. The lowest BCUT2D eigenvalue weighted by Crippen LogP contribution is -2.25. The van der Waals surface area contributed by atoms with Gasteiger partial charge in [-0.05, 0) is 23.6 Å². The van der Waals surface area contributed by atoms with Crippen molar-refractivity contribution in [2.24, 2.45) is 0 Å². The van der Waals surface area contributed by atoms with E-state index in [4.69, 9.17) is 4.42 Å². The second kappa shape index (κ2) is 5.40. The number of furan rings is 1. The molecule has 6 heteroatoms. The second-order valence-electron chi connectivity index (χ2n) is 4.33. The molecular weight excluding hydrogens is 294 g/mol. The zero-order valence-corrected chi connectivity index (χ0v) is 12.2. The van der Waals surface area contributed by atoms with Crippen LogP contribution in [-0.4, -0.2) is 15.0 Å². The van der Waals surface area contributed by atoms with Crippen molar-refractivity contribution in [2.75, 3.05) is 6.54 Å². The van der Waals surface area contributed by atoms with Gasteiger partial charge in [0.2, 0.25) is 10.0 Å². The molecule has 4 nitrogen and oxygen atoms in total. The molecule has 0 bridgehead atoms. The Hall–Kier alpha value is -1.63. The van der Waals surface area contributed by atoms with E-state index in [2.05, 4.69) is 4.72 Å². The Balaban J connectivity index is 1.65. The number of hydrogen-bond donors (Lipinski definition) is 1. The Labute approximate surface area is 121 Å². The van der Waals surface area contributed by atoms with E-state index >= 15 is 0 Å². The first-order chi connectivity index (χ1) is 9.65. The van der Waals surface area contributed by atoms with Crippen LogP contribution in [0.25, 0.3) is 11.0 Å². The third-order valence-corrected chi connectivity index (χ3v) is 5.76. The molecule has 0 fully saturated rings. The van der Waals surface area contributed by atoms with Gasteiger partial charge >= 0.3 is 0 Å². The third-order valence-electron chi connectivity index (χ3n) is 2.90. The lowest BCUT2D eigenvalue weighted by molar-refractivity contribution is 0.541. The van der Waals surface area contributed by atoms with Gasteiger partial charge in [0, 0.05) is 18.4 Å². The third kappa shape index (κ3) is 2.77. The summed E-state index contributed by atoms with van der Waals surface area (Å²) in [5.74, 6) is 0.778. The Morgan fingerprint density at radius 2 is 2.00 bits per heavy atom. The van der Waals surface area contributed by atoms with E-state index in [0.29, 0.717) is 17.2 Å². The highest BCUT2D eigenvalue weighted by Crippen LogP contribution is 2.19. The van der Waals surface area contributed by atoms with Crippen LogP contribution in [0.15, 0.2) is 56.5 Å². The number of fused-ring (bicyclic) bond motifs is 1. The molecule has 0 aliphatic rings. The van der Waals surface area contributed by atoms with E-state index in [0.717, 1.165) is 16.7 Å². The molecular formula is C14H13NO3S2. The monoisotopic (exact) mass is 307 g/mol. The molecule has 0 amide bonds. The summed E-state index contributed by atoms with van der Waals surface area (Å²) in [7, 11) is -3.39. The van der Waals surface area contributed by atoms with E-state index in [1.165, 1.54) is 11.3 Å². The van der Waals surface area contributed by atoms with E-state index < -0.39 is 10.0 Å². The van der Waals surface area contributed by atoms with E-state index in [1.807, 2.05) is 30.3 Å². The number of sulfonamides is 1. The van der Waals surface area contributed by atoms with Crippen LogP contribution in [0.4, 0.5) is 0 Å². The molecule has 0 spiro atoms. The van der Waals surface area contributed by atoms with Gasteiger partial charge in [-0.25, -0.2) is 13.1 Å². The highest BCUT2D eigenvalue weighted by atomic mass is 32.2. The van der Waals surface area contributed by atoms with Crippen LogP contribution in [0.5, 0.6) is 0 Å². The first-order valence-electron chi connectivity index (χ1n) is 6.16. The summed E-state index contributed by atoms with van der Waals surface area (Å²) in [5.41, 5.74) is 0.823. The quantitative estimate of drug-likeness (QED) is 0.788. The highest BCUT2D eigenvalue weighted by molar-refractivity contribution is 7.91. The topological polar surface area (TPSA) is 59.3 Å².